The molecule has 0 aliphatic heterocycles. The van der Waals surface area contributed by atoms with Gasteiger partial charge < -0.3 is 0 Å². The second kappa shape index (κ2) is 6.19. The Morgan fingerprint density at radius 1 is 0.895 bits per heavy atom. The largest absolute Gasteiger partial charge is 0.206 e. The van der Waals surface area contributed by atoms with Crippen LogP contribution < -0.4 is 0 Å². The van der Waals surface area contributed by atoms with E-state index in [1.165, 1.54) is 5.56 Å². The highest BCUT2D eigenvalue weighted by atomic mass is 79.9. The SMILES string of the molecule is CC(C)c1ccc(C(Br)c2ccc(Br)c(F)c2)cc1. The zero-order chi connectivity index (χ0) is 14.0. The molecule has 0 fully saturated rings. The lowest BCUT2D eigenvalue weighted by atomic mass is 9.99. The summed E-state index contributed by atoms with van der Waals surface area (Å²) in [5.41, 5.74) is 3.36. The van der Waals surface area contributed by atoms with Crippen molar-refractivity contribution in [1.82, 2.24) is 0 Å². The Labute approximate surface area is 130 Å². The van der Waals surface area contributed by atoms with Gasteiger partial charge in [-0.25, -0.2) is 4.39 Å². The first-order chi connectivity index (χ1) is 8.99. The van der Waals surface area contributed by atoms with Crippen LogP contribution in [0.15, 0.2) is 46.9 Å². The van der Waals surface area contributed by atoms with Crippen LogP contribution in [0.25, 0.3) is 0 Å². The summed E-state index contributed by atoms with van der Waals surface area (Å²) in [6.07, 6.45) is 0. The normalized spacial score (nSPS) is 12.7. The molecular formula is C16H15Br2F. The molecule has 2 aromatic carbocycles. The van der Waals surface area contributed by atoms with Gasteiger partial charge in [0, 0.05) is 0 Å². The molecule has 19 heavy (non-hydrogen) atoms. The smallest absolute Gasteiger partial charge is 0.137 e. The van der Waals surface area contributed by atoms with Crippen LogP contribution in [0.3, 0.4) is 0 Å². The molecule has 0 N–H and O–H groups in total. The zero-order valence-corrected chi connectivity index (χ0v) is 14.0. The molecule has 0 nitrogen and oxygen atoms in total. The lowest BCUT2D eigenvalue weighted by Crippen LogP contribution is -1.95. The Morgan fingerprint density at radius 3 is 1.95 bits per heavy atom. The highest BCUT2D eigenvalue weighted by Crippen LogP contribution is 2.33. The number of halogens is 3. The van der Waals surface area contributed by atoms with Crippen LogP contribution in [0.5, 0.6) is 0 Å². The molecule has 2 aromatic rings. The Hall–Kier alpha value is -0.670. The van der Waals surface area contributed by atoms with Crippen LogP contribution in [0.1, 0.15) is 41.3 Å². The number of rotatable bonds is 3. The maximum atomic E-state index is 13.6. The first kappa shape index (κ1) is 14.7. The molecule has 0 saturated carbocycles. The van der Waals surface area contributed by atoms with Crippen LogP contribution >= 0.6 is 31.9 Å². The second-order valence-electron chi connectivity index (χ2n) is 4.86. The third kappa shape index (κ3) is 3.46. The van der Waals surface area contributed by atoms with Gasteiger partial charge in [0.1, 0.15) is 5.82 Å². The summed E-state index contributed by atoms with van der Waals surface area (Å²) >= 11 is 6.80. The van der Waals surface area contributed by atoms with Crippen LogP contribution in [0.4, 0.5) is 4.39 Å². The minimum Gasteiger partial charge on any atom is -0.206 e. The van der Waals surface area contributed by atoms with Gasteiger partial charge in [-0.15, -0.1) is 0 Å². The first-order valence-electron chi connectivity index (χ1n) is 6.18. The fourth-order valence-corrected chi connectivity index (χ4v) is 2.75. The summed E-state index contributed by atoms with van der Waals surface area (Å²) in [7, 11) is 0. The Kier molecular flexibility index (Phi) is 4.80. The average molecular weight is 386 g/mol. The van der Waals surface area contributed by atoms with E-state index < -0.39 is 0 Å². The monoisotopic (exact) mass is 384 g/mol. The number of hydrogen-bond acceptors (Lipinski definition) is 0. The fraction of sp³-hybridized carbons (Fsp3) is 0.250. The third-order valence-electron chi connectivity index (χ3n) is 3.13. The molecule has 0 heterocycles. The van der Waals surface area contributed by atoms with E-state index >= 15 is 0 Å². The van der Waals surface area contributed by atoms with E-state index in [0.717, 1.165) is 11.1 Å². The van der Waals surface area contributed by atoms with Crippen molar-refractivity contribution in [2.45, 2.75) is 24.6 Å². The molecule has 0 aliphatic rings. The van der Waals surface area contributed by atoms with Crippen LogP contribution in [-0.2, 0) is 0 Å². The van der Waals surface area contributed by atoms with Crippen molar-refractivity contribution in [2.75, 3.05) is 0 Å². The molecule has 0 bridgehead atoms. The average Bonchev–Trinajstić information content (AvgIpc) is 2.41. The maximum absolute atomic E-state index is 13.6. The minimum absolute atomic E-state index is 0.0105. The Morgan fingerprint density at radius 2 is 1.42 bits per heavy atom. The van der Waals surface area contributed by atoms with Gasteiger partial charge in [0.25, 0.3) is 0 Å². The molecule has 1 unspecified atom stereocenters. The van der Waals surface area contributed by atoms with Crippen molar-refractivity contribution >= 4 is 31.9 Å². The Bertz CT molecular complexity index is 561. The lowest BCUT2D eigenvalue weighted by molar-refractivity contribution is 0.619. The fourth-order valence-electron chi connectivity index (χ4n) is 1.91. The minimum atomic E-state index is -0.235. The molecule has 1 atom stereocenters. The van der Waals surface area contributed by atoms with Crippen molar-refractivity contribution in [2.24, 2.45) is 0 Å². The van der Waals surface area contributed by atoms with Gasteiger partial charge in [-0.3, -0.25) is 0 Å². The molecule has 0 saturated heterocycles. The van der Waals surface area contributed by atoms with Crippen molar-refractivity contribution in [3.63, 3.8) is 0 Å². The van der Waals surface area contributed by atoms with Crippen molar-refractivity contribution < 1.29 is 4.39 Å². The summed E-state index contributed by atoms with van der Waals surface area (Å²) in [5, 5.41) is 0. The van der Waals surface area contributed by atoms with Gasteiger partial charge in [0.2, 0.25) is 0 Å². The first-order valence-corrected chi connectivity index (χ1v) is 7.88. The van der Waals surface area contributed by atoms with Gasteiger partial charge in [-0.1, -0.05) is 60.1 Å². The van der Waals surface area contributed by atoms with E-state index in [9.17, 15) is 4.39 Å². The lowest BCUT2D eigenvalue weighted by Gasteiger charge is -2.13. The summed E-state index contributed by atoms with van der Waals surface area (Å²) in [6, 6.07) is 13.7. The van der Waals surface area contributed by atoms with E-state index in [2.05, 4.69) is 70.0 Å². The molecular weight excluding hydrogens is 371 g/mol. The van der Waals surface area contributed by atoms with E-state index in [0.29, 0.717) is 10.4 Å². The van der Waals surface area contributed by atoms with Gasteiger partial charge >= 0.3 is 0 Å². The van der Waals surface area contributed by atoms with Gasteiger partial charge in [-0.05, 0) is 50.7 Å². The van der Waals surface area contributed by atoms with Gasteiger partial charge in [0.15, 0.2) is 0 Å². The van der Waals surface area contributed by atoms with Gasteiger partial charge in [-0.2, -0.15) is 0 Å². The molecule has 0 spiro atoms. The van der Waals surface area contributed by atoms with E-state index in [4.69, 9.17) is 0 Å². The van der Waals surface area contributed by atoms with E-state index in [1.807, 2.05) is 6.07 Å². The summed E-state index contributed by atoms with van der Waals surface area (Å²) in [5.74, 6) is 0.286. The maximum Gasteiger partial charge on any atom is 0.137 e. The number of hydrogen-bond donors (Lipinski definition) is 0. The zero-order valence-electron chi connectivity index (χ0n) is 10.8. The molecule has 100 valence electrons. The standard InChI is InChI=1S/C16H15Br2F/c1-10(2)11-3-5-12(6-4-11)16(18)13-7-8-14(17)15(19)9-13/h3-10,16H,1-2H3. The molecule has 0 aromatic heterocycles. The van der Waals surface area contributed by atoms with Crippen molar-refractivity contribution in [1.29, 1.82) is 0 Å². The molecule has 0 aliphatic carbocycles. The number of alkyl halides is 1. The molecule has 0 amide bonds. The number of benzene rings is 2. The van der Waals surface area contributed by atoms with E-state index in [-0.39, 0.29) is 10.6 Å². The predicted molar refractivity (Wildman–Crippen MR) is 85.4 cm³/mol. The van der Waals surface area contributed by atoms with Gasteiger partial charge in [0.05, 0.1) is 9.30 Å². The van der Waals surface area contributed by atoms with Crippen molar-refractivity contribution in [3.8, 4) is 0 Å². The highest BCUT2D eigenvalue weighted by molar-refractivity contribution is 9.10. The summed E-state index contributed by atoms with van der Waals surface area (Å²) < 4.78 is 14.0. The van der Waals surface area contributed by atoms with E-state index in [1.54, 1.807) is 12.1 Å². The summed E-state index contributed by atoms with van der Waals surface area (Å²) in [6.45, 7) is 4.34. The van der Waals surface area contributed by atoms with Crippen LogP contribution in [-0.4, -0.2) is 0 Å². The van der Waals surface area contributed by atoms with Crippen molar-refractivity contribution in [3.05, 3.63) is 69.4 Å². The molecule has 3 heteroatoms. The second-order valence-corrected chi connectivity index (χ2v) is 6.63. The van der Waals surface area contributed by atoms with Crippen LogP contribution in [0.2, 0.25) is 0 Å². The quantitative estimate of drug-likeness (QED) is 0.552. The topological polar surface area (TPSA) is 0 Å². The molecule has 2 rings (SSSR count). The highest BCUT2D eigenvalue weighted by Gasteiger charge is 2.12. The predicted octanol–water partition coefficient (Wildman–Crippen LogP) is 6.20. The van der Waals surface area contributed by atoms with Crippen LogP contribution in [0, 0.1) is 5.82 Å². The summed E-state index contributed by atoms with van der Waals surface area (Å²) in [4.78, 5) is 0.0105. The molecule has 0 radical (unpaired) electrons. The Balaban J connectivity index is 2.27. The third-order valence-corrected chi connectivity index (χ3v) is 4.83.